The molecule has 2 radical (unpaired) electrons. The molecule has 34 valence electrons. The van der Waals surface area contributed by atoms with Gasteiger partial charge in [-0.05, 0) is 12.5 Å². The molecule has 1 nitrogen and oxygen atoms in total. The van der Waals surface area contributed by atoms with Crippen molar-refractivity contribution < 1.29 is 0 Å². The van der Waals surface area contributed by atoms with Gasteiger partial charge in [-0.3, -0.25) is 0 Å². The van der Waals surface area contributed by atoms with Gasteiger partial charge in [-0.1, -0.05) is 13.2 Å². The van der Waals surface area contributed by atoms with E-state index in [1.807, 2.05) is 6.92 Å². The van der Waals surface area contributed by atoms with E-state index in [2.05, 4.69) is 0 Å². The molecule has 0 saturated carbocycles. The Hall–Kier alpha value is 0.0249. The van der Waals surface area contributed by atoms with Crippen LogP contribution in [0, 0.1) is 0 Å². The van der Waals surface area contributed by atoms with Crippen LogP contribution in [0.2, 0.25) is 6.32 Å². The lowest BCUT2D eigenvalue weighted by molar-refractivity contribution is 0.714. The molecule has 0 bridgehead atoms. The Morgan fingerprint density at radius 3 is 2.33 bits per heavy atom. The molecule has 6 heavy (non-hydrogen) atoms. The number of nitrogens with two attached hydrogens (primary N) is 1. The first kappa shape index (κ1) is 6.02. The molecule has 0 aromatic heterocycles. The van der Waals surface area contributed by atoms with E-state index >= 15 is 0 Å². The Bertz CT molecular complexity index is 26.7. The van der Waals surface area contributed by atoms with Gasteiger partial charge in [0.25, 0.3) is 0 Å². The van der Waals surface area contributed by atoms with Crippen LogP contribution in [-0.2, 0) is 0 Å². The molecule has 0 aliphatic carbocycles. The van der Waals surface area contributed by atoms with Gasteiger partial charge in [0.1, 0.15) is 0 Å². The predicted octanol–water partition coefficient (Wildman–Crippen LogP) is 0.310. The number of rotatable bonds is 2. The van der Waals surface area contributed by atoms with Gasteiger partial charge in [0.15, 0.2) is 0 Å². The summed E-state index contributed by atoms with van der Waals surface area (Å²) >= 11 is 0. The van der Waals surface area contributed by atoms with Crippen molar-refractivity contribution in [2.75, 3.05) is 0 Å². The lowest BCUT2D eigenvalue weighted by Gasteiger charge is -1.99. The first-order chi connectivity index (χ1) is 2.81. The van der Waals surface area contributed by atoms with Gasteiger partial charge in [0, 0.05) is 0 Å². The van der Waals surface area contributed by atoms with Crippen LogP contribution in [0.5, 0.6) is 0 Å². The Balaban J connectivity index is 2.75. The van der Waals surface area contributed by atoms with Crippen LogP contribution in [0.4, 0.5) is 0 Å². The van der Waals surface area contributed by atoms with Gasteiger partial charge in [-0.25, -0.2) is 0 Å². The van der Waals surface area contributed by atoms with Crippen LogP contribution in [0.25, 0.3) is 0 Å². The summed E-state index contributed by atoms with van der Waals surface area (Å²) in [6.45, 7) is 2.03. The van der Waals surface area contributed by atoms with E-state index in [-0.39, 0.29) is 6.04 Å². The van der Waals surface area contributed by atoms with Gasteiger partial charge in [0.05, 0.1) is 7.85 Å². The van der Waals surface area contributed by atoms with E-state index in [0.29, 0.717) is 6.32 Å². The zero-order valence-electron chi connectivity index (χ0n) is 4.15. The molecule has 0 aromatic carbocycles. The molecular weight excluding hydrogens is 72.9 g/mol. The minimum absolute atomic E-state index is 0.213. The predicted molar refractivity (Wildman–Crippen MR) is 28.8 cm³/mol. The third kappa shape index (κ3) is 2.27. The molecule has 0 aliphatic heterocycles. The topological polar surface area (TPSA) is 26.0 Å². The molecule has 0 aliphatic rings. The maximum atomic E-state index is 5.35. The number of hydrogen-bond acceptors (Lipinski definition) is 1. The van der Waals surface area contributed by atoms with Crippen molar-refractivity contribution in [3.8, 4) is 0 Å². The smallest absolute Gasteiger partial charge is 0.0673 e. The van der Waals surface area contributed by atoms with Crippen molar-refractivity contribution in [2.45, 2.75) is 25.7 Å². The van der Waals surface area contributed by atoms with Crippen LogP contribution < -0.4 is 5.73 Å². The molecule has 0 aromatic rings. The second-order valence-electron chi connectivity index (χ2n) is 1.40. The van der Waals surface area contributed by atoms with Crippen molar-refractivity contribution in [1.29, 1.82) is 0 Å². The standard InChI is InChI=1S/C4H10BN/c1-2-4(6)3-5/h4H,2-3,6H2,1H3. The van der Waals surface area contributed by atoms with Crippen LogP contribution >= 0.6 is 0 Å². The SMILES string of the molecule is [B]CC(N)CC. The summed E-state index contributed by atoms with van der Waals surface area (Å²) in [5.41, 5.74) is 5.35. The van der Waals surface area contributed by atoms with Crippen molar-refractivity contribution in [3.63, 3.8) is 0 Å². The highest BCUT2D eigenvalue weighted by atomic mass is 14.6. The van der Waals surface area contributed by atoms with E-state index in [4.69, 9.17) is 13.6 Å². The molecule has 0 rings (SSSR count). The van der Waals surface area contributed by atoms with Gasteiger partial charge < -0.3 is 5.73 Å². The van der Waals surface area contributed by atoms with Crippen molar-refractivity contribution in [3.05, 3.63) is 0 Å². The number of hydrogen-bond donors (Lipinski definition) is 1. The zero-order valence-corrected chi connectivity index (χ0v) is 4.15. The summed E-state index contributed by atoms with van der Waals surface area (Å²) in [4.78, 5) is 0. The van der Waals surface area contributed by atoms with Crippen LogP contribution in [0.3, 0.4) is 0 Å². The Morgan fingerprint density at radius 2 is 2.33 bits per heavy atom. The summed E-state index contributed by atoms with van der Waals surface area (Å²) in [5, 5.41) is 0. The summed E-state index contributed by atoms with van der Waals surface area (Å²) in [7, 11) is 5.16. The third-order valence-corrected chi connectivity index (χ3v) is 0.827. The highest BCUT2D eigenvalue weighted by Gasteiger charge is 1.88. The highest BCUT2D eigenvalue weighted by Crippen LogP contribution is 1.86. The largest absolute Gasteiger partial charge is 0.328 e. The minimum Gasteiger partial charge on any atom is -0.328 e. The normalized spacial score (nSPS) is 14.3. The van der Waals surface area contributed by atoms with Crippen molar-refractivity contribution in [2.24, 2.45) is 5.73 Å². The van der Waals surface area contributed by atoms with Crippen molar-refractivity contribution >= 4 is 7.85 Å². The molecular formula is C4H10BN. The Labute approximate surface area is 40.3 Å². The fourth-order valence-corrected chi connectivity index (χ4v) is 0.167. The first-order valence-electron chi connectivity index (χ1n) is 2.27. The first-order valence-corrected chi connectivity index (χ1v) is 2.27. The van der Waals surface area contributed by atoms with Crippen LogP contribution in [0.1, 0.15) is 13.3 Å². The second kappa shape index (κ2) is 3.22. The van der Waals surface area contributed by atoms with Gasteiger partial charge >= 0.3 is 0 Å². The van der Waals surface area contributed by atoms with Gasteiger partial charge in [0.2, 0.25) is 0 Å². The van der Waals surface area contributed by atoms with Gasteiger partial charge in [-0.15, -0.1) is 0 Å². The van der Waals surface area contributed by atoms with Crippen LogP contribution in [0.15, 0.2) is 0 Å². The lowest BCUT2D eigenvalue weighted by atomic mass is 9.97. The quantitative estimate of drug-likeness (QED) is 0.477. The van der Waals surface area contributed by atoms with E-state index in [0.717, 1.165) is 6.42 Å². The van der Waals surface area contributed by atoms with E-state index in [9.17, 15) is 0 Å². The average molecular weight is 82.9 g/mol. The molecule has 0 heterocycles. The van der Waals surface area contributed by atoms with E-state index < -0.39 is 0 Å². The van der Waals surface area contributed by atoms with Crippen molar-refractivity contribution in [1.82, 2.24) is 0 Å². The minimum atomic E-state index is 0.213. The maximum absolute atomic E-state index is 5.35. The van der Waals surface area contributed by atoms with Crippen LogP contribution in [-0.4, -0.2) is 13.9 Å². The maximum Gasteiger partial charge on any atom is 0.0673 e. The zero-order chi connectivity index (χ0) is 4.99. The Morgan fingerprint density at radius 1 is 1.83 bits per heavy atom. The lowest BCUT2D eigenvalue weighted by Crippen LogP contribution is -2.16. The highest BCUT2D eigenvalue weighted by molar-refractivity contribution is 6.08. The molecule has 2 heteroatoms. The molecule has 0 fully saturated rings. The summed E-state index contributed by atoms with van der Waals surface area (Å²) < 4.78 is 0. The second-order valence-corrected chi connectivity index (χ2v) is 1.40. The summed E-state index contributed by atoms with van der Waals surface area (Å²) in [5.74, 6) is 0. The molecule has 0 amide bonds. The molecule has 0 spiro atoms. The Kier molecular flexibility index (Phi) is 3.24. The monoisotopic (exact) mass is 83.1 g/mol. The third-order valence-electron chi connectivity index (χ3n) is 0.827. The fraction of sp³-hybridized carbons (Fsp3) is 1.00. The van der Waals surface area contributed by atoms with E-state index in [1.165, 1.54) is 0 Å². The van der Waals surface area contributed by atoms with Gasteiger partial charge in [-0.2, -0.15) is 0 Å². The molecule has 1 unspecified atom stereocenters. The molecule has 2 N–H and O–H groups in total. The fourth-order valence-electron chi connectivity index (χ4n) is 0.167. The average Bonchev–Trinajstić information content (AvgIpc) is 1.65. The molecule has 0 saturated heterocycles. The van der Waals surface area contributed by atoms with E-state index in [1.54, 1.807) is 0 Å². The molecule has 1 atom stereocenters. The summed E-state index contributed by atoms with van der Waals surface area (Å²) in [6, 6.07) is 0.213. The summed E-state index contributed by atoms with van der Waals surface area (Å²) in [6.07, 6.45) is 1.59.